The minimum atomic E-state index is -0.203. The van der Waals surface area contributed by atoms with Crippen molar-refractivity contribution in [3.8, 4) is 0 Å². The van der Waals surface area contributed by atoms with E-state index in [2.05, 4.69) is 21.2 Å². The molecule has 12 heavy (non-hydrogen) atoms. The number of rotatable bonds is 4. The predicted octanol–water partition coefficient (Wildman–Crippen LogP) is 0.903. The van der Waals surface area contributed by atoms with Crippen LogP contribution in [0.15, 0.2) is 0 Å². The quantitative estimate of drug-likeness (QED) is 0.715. The third-order valence-electron chi connectivity index (χ3n) is 1.69. The van der Waals surface area contributed by atoms with Crippen molar-refractivity contribution < 1.29 is 9.90 Å². The van der Waals surface area contributed by atoms with Gasteiger partial charge in [0.1, 0.15) is 0 Å². The Morgan fingerprint density at radius 2 is 2.00 bits per heavy atom. The maximum absolute atomic E-state index is 11.1. The number of aliphatic hydroxyl groups excluding tert-OH is 1. The average molecular weight is 238 g/mol. The molecule has 0 bridgehead atoms. The molecule has 0 aromatic carbocycles. The molecule has 0 rings (SSSR count). The van der Waals surface area contributed by atoms with Gasteiger partial charge in [0.15, 0.2) is 0 Å². The maximum Gasteiger partial charge on any atom is 0.233 e. The molecule has 4 heteroatoms. The first kappa shape index (κ1) is 11.9. The van der Waals surface area contributed by atoms with Gasteiger partial charge in [-0.25, -0.2) is 0 Å². The number of carbonyl (C=O) groups excluding carboxylic acids is 1. The number of carbonyl (C=O) groups is 1. The Kier molecular flexibility index (Phi) is 5.50. The fraction of sp³-hybridized carbons (Fsp3) is 0.875. The number of alkyl halides is 1. The zero-order chi connectivity index (χ0) is 9.72. The van der Waals surface area contributed by atoms with Crippen LogP contribution in [0.1, 0.15) is 20.8 Å². The SMILES string of the molecule is CC(Br)C(=O)N[C@H](CO)C(C)C. The molecule has 3 nitrogen and oxygen atoms in total. The van der Waals surface area contributed by atoms with E-state index in [1.165, 1.54) is 0 Å². The lowest BCUT2D eigenvalue weighted by molar-refractivity contribution is -0.121. The molecule has 2 atom stereocenters. The predicted molar refractivity (Wildman–Crippen MR) is 52.2 cm³/mol. The fourth-order valence-corrected chi connectivity index (χ4v) is 0.853. The largest absolute Gasteiger partial charge is 0.394 e. The van der Waals surface area contributed by atoms with E-state index in [1.54, 1.807) is 6.92 Å². The molecular formula is C8H16BrNO2. The van der Waals surface area contributed by atoms with Crippen molar-refractivity contribution >= 4 is 21.8 Å². The van der Waals surface area contributed by atoms with Crippen LogP contribution < -0.4 is 5.32 Å². The van der Waals surface area contributed by atoms with Gasteiger partial charge in [-0.1, -0.05) is 29.8 Å². The Bertz CT molecular complexity index is 148. The summed E-state index contributed by atoms with van der Waals surface area (Å²) in [6, 6.07) is -0.141. The van der Waals surface area contributed by atoms with Gasteiger partial charge in [0.25, 0.3) is 0 Å². The summed E-state index contributed by atoms with van der Waals surface area (Å²) in [6.45, 7) is 5.66. The zero-order valence-electron chi connectivity index (χ0n) is 7.67. The molecule has 0 aliphatic carbocycles. The molecule has 0 saturated carbocycles. The minimum absolute atomic E-state index is 0.0108. The molecule has 1 amide bonds. The van der Waals surface area contributed by atoms with Gasteiger partial charge >= 0.3 is 0 Å². The van der Waals surface area contributed by atoms with Gasteiger partial charge in [-0.15, -0.1) is 0 Å². The average Bonchev–Trinajstić information content (AvgIpc) is 1.98. The Hall–Kier alpha value is -0.0900. The summed E-state index contributed by atoms with van der Waals surface area (Å²) >= 11 is 3.15. The van der Waals surface area contributed by atoms with Crippen LogP contribution in [-0.2, 0) is 4.79 Å². The first-order valence-corrected chi connectivity index (χ1v) is 4.96. The highest BCUT2D eigenvalue weighted by Gasteiger charge is 2.17. The van der Waals surface area contributed by atoms with Crippen LogP contribution in [0.5, 0.6) is 0 Å². The van der Waals surface area contributed by atoms with Crippen molar-refractivity contribution in [2.45, 2.75) is 31.6 Å². The molecule has 0 heterocycles. The van der Waals surface area contributed by atoms with Crippen LogP contribution in [0.25, 0.3) is 0 Å². The zero-order valence-corrected chi connectivity index (χ0v) is 9.26. The van der Waals surface area contributed by atoms with E-state index in [0.29, 0.717) is 0 Å². The number of hydrogen-bond donors (Lipinski definition) is 2. The molecule has 0 fully saturated rings. The molecule has 0 radical (unpaired) electrons. The van der Waals surface area contributed by atoms with Gasteiger partial charge < -0.3 is 10.4 Å². The van der Waals surface area contributed by atoms with Crippen molar-refractivity contribution in [2.75, 3.05) is 6.61 Å². The number of halogens is 1. The first-order chi connectivity index (χ1) is 5.49. The highest BCUT2D eigenvalue weighted by atomic mass is 79.9. The highest BCUT2D eigenvalue weighted by molar-refractivity contribution is 9.10. The van der Waals surface area contributed by atoms with Gasteiger partial charge in [-0.3, -0.25) is 4.79 Å². The monoisotopic (exact) mass is 237 g/mol. The third kappa shape index (κ3) is 4.07. The second kappa shape index (κ2) is 5.54. The van der Waals surface area contributed by atoms with E-state index in [1.807, 2.05) is 13.8 Å². The normalized spacial score (nSPS) is 15.8. The first-order valence-electron chi connectivity index (χ1n) is 4.04. The Labute approximate surface area is 81.7 Å². The topological polar surface area (TPSA) is 49.3 Å². The van der Waals surface area contributed by atoms with E-state index in [0.717, 1.165) is 0 Å². The molecule has 0 aliphatic rings. The minimum Gasteiger partial charge on any atom is -0.394 e. The third-order valence-corrected chi connectivity index (χ3v) is 2.11. The van der Waals surface area contributed by atoms with Crippen molar-refractivity contribution in [1.29, 1.82) is 0 Å². The van der Waals surface area contributed by atoms with E-state index >= 15 is 0 Å². The number of aliphatic hydroxyl groups is 1. The Morgan fingerprint density at radius 1 is 1.50 bits per heavy atom. The summed E-state index contributed by atoms with van der Waals surface area (Å²) in [5.41, 5.74) is 0. The lowest BCUT2D eigenvalue weighted by Crippen LogP contribution is -2.43. The standard InChI is InChI=1S/C8H16BrNO2/c1-5(2)7(4-11)10-8(12)6(3)9/h5-7,11H,4H2,1-3H3,(H,10,12)/t6?,7-/m1/s1. The summed E-state index contributed by atoms with van der Waals surface area (Å²) < 4.78 is 0. The van der Waals surface area contributed by atoms with E-state index in [4.69, 9.17) is 5.11 Å². The maximum atomic E-state index is 11.1. The molecular weight excluding hydrogens is 222 g/mol. The molecule has 0 spiro atoms. The van der Waals surface area contributed by atoms with Gasteiger partial charge in [0.05, 0.1) is 17.5 Å². The Balaban J connectivity index is 3.94. The lowest BCUT2D eigenvalue weighted by atomic mass is 10.1. The van der Waals surface area contributed by atoms with Crippen molar-refractivity contribution in [3.05, 3.63) is 0 Å². The highest BCUT2D eigenvalue weighted by Crippen LogP contribution is 2.03. The van der Waals surface area contributed by atoms with Crippen molar-refractivity contribution in [2.24, 2.45) is 5.92 Å². The lowest BCUT2D eigenvalue weighted by Gasteiger charge is -2.20. The second-order valence-electron chi connectivity index (χ2n) is 3.16. The smallest absolute Gasteiger partial charge is 0.233 e. The molecule has 2 N–H and O–H groups in total. The molecule has 72 valence electrons. The van der Waals surface area contributed by atoms with Crippen LogP contribution in [-0.4, -0.2) is 28.5 Å². The summed E-state index contributed by atoms with van der Waals surface area (Å²) in [7, 11) is 0. The molecule has 0 aliphatic heterocycles. The Morgan fingerprint density at radius 3 is 2.25 bits per heavy atom. The van der Waals surface area contributed by atoms with Crippen LogP contribution in [0.3, 0.4) is 0 Å². The number of nitrogens with one attached hydrogen (secondary N) is 1. The van der Waals surface area contributed by atoms with Crippen LogP contribution in [0.2, 0.25) is 0 Å². The van der Waals surface area contributed by atoms with E-state index < -0.39 is 0 Å². The summed E-state index contributed by atoms with van der Waals surface area (Å²) in [5.74, 6) is 0.174. The van der Waals surface area contributed by atoms with Gasteiger partial charge in [-0.05, 0) is 12.8 Å². The van der Waals surface area contributed by atoms with Crippen LogP contribution in [0.4, 0.5) is 0 Å². The van der Waals surface area contributed by atoms with Crippen LogP contribution >= 0.6 is 15.9 Å². The second-order valence-corrected chi connectivity index (χ2v) is 4.53. The van der Waals surface area contributed by atoms with Gasteiger partial charge in [0, 0.05) is 0 Å². The number of hydrogen-bond acceptors (Lipinski definition) is 2. The van der Waals surface area contributed by atoms with Gasteiger partial charge in [-0.2, -0.15) is 0 Å². The molecule has 0 aromatic rings. The van der Waals surface area contributed by atoms with Gasteiger partial charge in [0.2, 0.25) is 5.91 Å². The van der Waals surface area contributed by atoms with Crippen LogP contribution in [0, 0.1) is 5.92 Å². The van der Waals surface area contributed by atoms with E-state index in [9.17, 15) is 4.79 Å². The number of amides is 1. The molecule has 0 aromatic heterocycles. The molecule has 0 saturated heterocycles. The fourth-order valence-electron chi connectivity index (χ4n) is 0.721. The molecule has 1 unspecified atom stereocenters. The summed E-state index contributed by atoms with van der Waals surface area (Å²) in [6.07, 6.45) is 0. The summed E-state index contributed by atoms with van der Waals surface area (Å²) in [5, 5.41) is 11.6. The van der Waals surface area contributed by atoms with Crippen molar-refractivity contribution in [3.63, 3.8) is 0 Å². The van der Waals surface area contributed by atoms with Crippen molar-refractivity contribution in [1.82, 2.24) is 5.32 Å². The summed E-state index contributed by atoms with van der Waals surface area (Å²) in [4.78, 5) is 10.9. The van der Waals surface area contributed by atoms with E-state index in [-0.39, 0.29) is 29.3 Å².